The minimum absolute atomic E-state index is 0.379. The van der Waals surface area contributed by atoms with Crippen LogP contribution < -0.4 is 5.32 Å². The lowest BCUT2D eigenvalue weighted by atomic mass is 10.1. The Kier molecular flexibility index (Phi) is 3.12. The van der Waals surface area contributed by atoms with Crippen LogP contribution in [0.3, 0.4) is 0 Å². The Bertz CT molecular complexity index is 777. The predicted octanol–water partition coefficient (Wildman–Crippen LogP) is 1.68. The molecule has 4 rings (SSSR count). The van der Waals surface area contributed by atoms with Crippen molar-refractivity contribution < 1.29 is 0 Å². The van der Waals surface area contributed by atoms with Crippen molar-refractivity contribution in [3.05, 3.63) is 47.4 Å². The zero-order valence-corrected chi connectivity index (χ0v) is 12.2. The summed E-state index contributed by atoms with van der Waals surface area (Å²) < 4.78 is 4.00. The summed E-state index contributed by atoms with van der Waals surface area (Å²) in [5, 5.41) is 8.36. The summed E-state index contributed by atoms with van der Waals surface area (Å²) in [7, 11) is 0. The monoisotopic (exact) mass is 302 g/mol. The lowest BCUT2D eigenvalue weighted by molar-refractivity contribution is 0.356. The lowest BCUT2D eigenvalue weighted by Gasteiger charge is -2.23. The van der Waals surface area contributed by atoms with Gasteiger partial charge in [0.2, 0.25) is 0 Å². The summed E-state index contributed by atoms with van der Waals surface area (Å²) in [6, 6.07) is 6.28. The van der Waals surface area contributed by atoms with Gasteiger partial charge >= 0.3 is 0 Å². The number of hydrogen-bond donors (Lipinski definition) is 1. The molecule has 0 aliphatic carbocycles. The van der Waals surface area contributed by atoms with E-state index >= 15 is 0 Å². The lowest BCUT2D eigenvalue weighted by Crippen LogP contribution is -2.37. The number of rotatable bonds is 3. The molecule has 4 heterocycles. The summed E-state index contributed by atoms with van der Waals surface area (Å²) in [6.45, 7) is 1.54. The van der Waals surface area contributed by atoms with Gasteiger partial charge in [0.05, 0.1) is 12.2 Å². The molecule has 1 unspecified atom stereocenters. The van der Waals surface area contributed by atoms with Gasteiger partial charge in [-0.15, -0.1) is 0 Å². The minimum Gasteiger partial charge on any atom is -0.306 e. The molecular weight excluding hydrogens is 288 g/mol. The number of imidazole rings is 1. The number of aromatic nitrogens is 5. The zero-order valence-electron chi connectivity index (χ0n) is 11.4. The Morgan fingerprint density at radius 1 is 1.38 bits per heavy atom. The number of nitrogens with one attached hydrogen (secondary N) is 1. The van der Waals surface area contributed by atoms with Gasteiger partial charge in [0.15, 0.2) is 5.15 Å². The van der Waals surface area contributed by atoms with Crippen molar-refractivity contribution in [3.63, 3.8) is 0 Å². The molecule has 1 N–H and O–H groups in total. The first-order valence-corrected chi connectivity index (χ1v) is 7.40. The van der Waals surface area contributed by atoms with E-state index in [4.69, 9.17) is 11.6 Å². The summed E-state index contributed by atoms with van der Waals surface area (Å²) in [4.78, 5) is 8.61. The van der Waals surface area contributed by atoms with Crippen LogP contribution in [-0.4, -0.2) is 30.2 Å². The van der Waals surface area contributed by atoms with Gasteiger partial charge in [-0.3, -0.25) is 0 Å². The van der Waals surface area contributed by atoms with Crippen LogP contribution in [-0.2, 0) is 19.5 Å². The number of halogens is 1. The van der Waals surface area contributed by atoms with Gasteiger partial charge in [-0.2, -0.15) is 5.10 Å². The molecule has 6 nitrogen and oxygen atoms in total. The van der Waals surface area contributed by atoms with E-state index in [0.29, 0.717) is 17.7 Å². The number of fused-ring (bicyclic) bond motifs is 2. The Balaban J connectivity index is 1.50. The highest BCUT2D eigenvalue weighted by atomic mass is 35.5. The molecule has 7 heteroatoms. The molecule has 0 saturated carbocycles. The second-order valence-corrected chi connectivity index (χ2v) is 5.61. The Morgan fingerprint density at radius 3 is 3.29 bits per heavy atom. The summed E-state index contributed by atoms with van der Waals surface area (Å²) >= 11 is 6.25. The summed E-state index contributed by atoms with van der Waals surface area (Å²) in [5.74, 6) is 1.07. The molecule has 0 bridgehead atoms. The Labute approximate surface area is 126 Å². The third-order valence-corrected chi connectivity index (χ3v) is 4.25. The molecular formula is C14H15ClN6. The normalized spacial score (nSPS) is 18.0. The van der Waals surface area contributed by atoms with Crippen LogP contribution in [0.15, 0.2) is 30.7 Å². The molecule has 1 aliphatic heterocycles. The molecule has 0 radical (unpaired) electrons. The molecule has 3 aromatic heterocycles. The summed E-state index contributed by atoms with van der Waals surface area (Å²) in [5.41, 5.74) is 1.87. The fourth-order valence-electron chi connectivity index (χ4n) is 2.82. The highest BCUT2D eigenvalue weighted by molar-refractivity contribution is 6.30. The molecule has 108 valence electrons. The van der Waals surface area contributed by atoms with E-state index in [1.165, 1.54) is 0 Å². The van der Waals surface area contributed by atoms with E-state index < -0.39 is 0 Å². The molecule has 0 amide bonds. The second-order valence-electron chi connectivity index (χ2n) is 5.25. The quantitative estimate of drug-likeness (QED) is 0.800. The van der Waals surface area contributed by atoms with E-state index in [9.17, 15) is 0 Å². The van der Waals surface area contributed by atoms with Crippen LogP contribution in [0, 0.1) is 0 Å². The largest absolute Gasteiger partial charge is 0.306 e. The Hall–Kier alpha value is -1.92. The van der Waals surface area contributed by atoms with Crippen molar-refractivity contribution in [3.8, 4) is 0 Å². The highest BCUT2D eigenvalue weighted by Crippen LogP contribution is 2.18. The Morgan fingerprint density at radius 2 is 2.33 bits per heavy atom. The van der Waals surface area contributed by atoms with Crippen molar-refractivity contribution in [2.75, 3.05) is 0 Å². The van der Waals surface area contributed by atoms with Gasteiger partial charge in [-0.05, 0) is 18.6 Å². The van der Waals surface area contributed by atoms with Gasteiger partial charge < -0.3 is 9.72 Å². The number of pyridine rings is 1. The van der Waals surface area contributed by atoms with Crippen LogP contribution in [0.2, 0.25) is 5.15 Å². The number of hydrogen-bond acceptors (Lipinski definition) is 4. The number of nitrogens with zero attached hydrogens (tertiary/aromatic N) is 5. The van der Waals surface area contributed by atoms with Crippen molar-refractivity contribution in [2.24, 2.45) is 0 Å². The van der Waals surface area contributed by atoms with Gasteiger partial charge in [0, 0.05) is 25.2 Å². The fraction of sp³-hybridized carbons (Fsp3) is 0.357. The van der Waals surface area contributed by atoms with Crippen molar-refractivity contribution in [1.29, 1.82) is 0 Å². The predicted molar refractivity (Wildman–Crippen MR) is 79.2 cm³/mol. The van der Waals surface area contributed by atoms with Gasteiger partial charge in [0.1, 0.15) is 17.8 Å². The maximum absolute atomic E-state index is 6.25. The van der Waals surface area contributed by atoms with Crippen LogP contribution in [0.5, 0.6) is 0 Å². The van der Waals surface area contributed by atoms with E-state index in [2.05, 4.69) is 20.4 Å². The molecule has 0 spiro atoms. The maximum Gasteiger partial charge on any atom is 0.152 e. The van der Waals surface area contributed by atoms with E-state index in [0.717, 1.165) is 36.6 Å². The maximum atomic E-state index is 6.25. The van der Waals surface area contributed by atoms with E-state index in [-0.39, 0.29) is 0 Å². The van der Waals surface area contributed by atoms with E-state index in [1.54, 1.807) is 6.33 Å². The fourth-order valence-corrected chi connectivity index (χ4v) is 3.07. The molecule has 3 aromatic rings. The molecule has 0 fully saturated rings. The molecule has 21 heavy (non-hydrogen) atoms. The highest BCUT2D eigenvalue weighted by Gasteiger charge is 2.20. The first-order chi connectivity index (χ1) is 10.3. The van der Waals surface area contributed by atoms with Crippen molar-refractivity contribution >= 4 is 17.2 Å². The van der Waals surface area contributed by atoms with Crippen LogP contribution in [0.25, 0.3) is 5.65 Å². The average molecular weight is 303 g/mol. The van der Waals surface area contributed by atoms with Crippen molar-refractivity contribution in [2.45, 2.75) is 32.0 Å². The zero-order chi connectivity index (χ0) is 14.2. The van der Waals surface area contributed by atoms with Crippen LogP contribution >= 0.6 is 11.6 Å². The smallest absolute Gasteiger partial charge is 0.152 e. The SMILES string of the molecule is Clc1nc2ccccn2c1CNC1CCc2ncnn2C1. The van der Waals surface area contributed by atoms with Gasteiger partial charge in [0.25, 0.3) is 0 Å². The molecule has 1 atom stereocenters. The third kappa shape index (κ3) is 2.30. The standard InChI is InChI=1S/C14H15ClN6/c15-14-11(20-6-2-1-3-13(20)19-14)7-16-10-4-5-12-17-9-18-21(12)8-10/h1-3,6,9-10,16H,4-5,7-8H2. The first-order valence-electron chi connectivity index (χ1n) is 7.03. The summed E-state index contributed by atoms with van der Waals surface area (Å²) in [6.07, 6.45) is 5.63. The first kappa shape index (κ1) is 12.8. The molecule has 1 aliphatic rings. The topological polar surface area (TPSA) is 60.0 Å². The van der Waals surface area contributed by atoms with Crippen LogP contribution in [0.1, 0.15) is 17.9 Å². The van der Waals surface area contributed by atoms with Crippen LogP contribution in [0.4, 0.5) is 0 Å². The van der Waals surface area contributed by atoms with Crippen molar-refractivity contribution in [1.82, 2.24) is 29.5 Å². The average Bonchev–Trinajstić information content (AvgIpc) is 3.08. The second kappa shape index (κ2) is 5.13. The van der Waals surface area contributed by atoms with Gasteiger partial charge in [-0.1, -0.05) is 17.7 Å². The number of aryl methyl sites for hydroxylation is 1. The third-order valence-electron chi connectivity index (χ3n) is 3.94. The minimum atomic E-state index is 0.379. The molecule has 0 saturated heterocycles. The molecule has 0 aromatic carbocycles. The van der Waals surface area contributed by atoms with E-state index in [1.807, 2.05) is 33.5 Å². The van der Waals surface area contributed by atoms with Gasteiger partial charge in [-0.25, -0.2) is 14.6 Å².